The highest BCUT2D eigenvalue weighted by Gasteiger charge is 2.45. The Bertz CT molecular complexity index is 1340. The van der Waals surface area contributed by atoms with Crippen LogP contribution >= 0.6 is 0 Å². The predicted octanol–water partition coefficient (Wildman–Crippen LogP) is 0.734. The number of amides is 3. The molecule has 1 aliphatic heterocycles. The van der Waals surface area contributed by atoms with E-state index >= 15 is 0 Å². The number of ether oxygens (including phenoxy) is 4. The smallest absolute Gasteiger partial charge is 0.333 e. The first-order chi connectivity index (χ1) is 20.6. The Balaban J connectivity index is 1.62. The molecule has 1 aliphatic rings. The largest absolute Gasteiger partial charge is 0.497 e. The molecule has 230 valence electrons. The van der Waals surface area contributed by atoms with Gasteiger partial charge in [-0.25, -0.2) is 9.59 Å². The normalized spacial score (nSPS) is 15.7. The third-order valence-corrected chi connectivity index (χ3v) is 6.50. The first-order valence-corrected chi connectivity index (χ1v) is 13.2. The van der Waals surface area contributed by atoms with E-state index in [1.165, 1.54) is 40.3 Å². The molecule has 3 atom stereocenters. The Hall–Kier alpha value is -5.14. The molecule has 0 radical (unpaired) electrons. The Morgan fingerprint density at radius 2 is 1.56 bits per heavy atom. The summed E-state index contributed by atoms with van der Waals surface area (Å²) in [5, 5.41) is 8.96. The number of likely N-dealkylation sites (tertiary alicyclic amines) is 1. The van der Waals surface area contributed by atoms with Gasteiger partial charge in [0.1, 0.15) is 30.7 Å². The molecule has 3 rings (SSSR count). The van der Waals surface area contributed by atoms with Gasteiger partial charge in [-0.1, -0.05) is 17.3 Å². The second-order valence-electron chi connectivity index (χ2n) is 9.28. The van der Waals surface area contributed by atoms with E-state index in [1.54, 1.807) is 48.5 Å². The molecule has 2 N–H and O–H groups in total. The monoisotopic (exact) mass is 598 g/mol. The topological polar surface area (TPSA) is 171 Å². The highest BCUT2D eigenvalue weighted by molar-refractivity contribution is 6.45. The van der Waals surface area contributed by atoms with Crippen LogP contribution < -0.4 is 20.1 Å². The van der Waals surface area contributed by atoms with Crippen LogP contribution in [0.15, 0.2) is 53.7 Å². The summed E-state index contributed by atoms with van der Waals surface area (Å²) in [4.78, 5) is 68.0. The summed E-state index contributed by atoms with van der Waals surface area (Å²) in [6.45, 7) is 1.46. The van der Waals surface area contributed by atoms with Gasteiger partial charge in [-0.2, -0.15) is 0 Å². The molecule has 3 unspecified atom stereocenters. The molecule has 0 spiro atoms. The van der Waals surface area contributed by atoms with Crippen LogP contribution in [0, 0.1) is 0 Å². The number of methoxy groups -OCH3 is 3. The molecule has 43 heavy (non-hydrogen) atoms. The fourth-order valence-corrected chi connectivity index (χ4v) is 4.32. The molecule has 1 saturated heterocycles. The minimum atomic E-state index is -0.989. The van der Waals surface area contributed by atoms with E-state index < -0.39 is 41.9 Å². The molecule has 3 amide bonds. The lowest BCUT2D eigenvalue weighted by Crippen LogP contribution is -2.66. The number of nitrogens with one attached hydrogen (secondary N) is 2. The lowest BCUT2D eigenvalue weighted by atomic mass is 9.97. The standard InChI is InChI=1S/C29H34N4O10/c1-17(34)30-22(28(37)40-3)14-15-43-21-12-6-18(7-13-21)24(32-42-5)26(35)31-23-16-33(27(23)36)25(29(38)41-4)19-8-10-20(39-2)11-9-19/h6-13,22-23,25H,14-16H2,1-5H3,(H,30,34)(H,31,35)/b32-24-. The van der Waals surface area contributed by atoms with Crippen LogP contribution in [0.25, 0.3) is 0 Å². The third kappa shape index (κ3) is 8.21. The molecule has 14 nitrogen and oxygen atoms in total. The Kier molecular flexibility index (Phi) is 11.4. The minimum Gasteiger partial charge on any atom is -0.497 e. The molecule has 14 heteroatoms. The molecule has 1 fully saturated rings. The highest BCUT2D eigenvalue weighted by atomic mass is 16.6. The van der Waals surface area contributed by atoms with E-state index in [-0.39, 0.29) is 31.2 Å². The van der Waals surface area contributed by atoms with Crippen LogP contribution in [0.4, 0.5) is 0 Å². The van der Waals surface area contributed by atoms with Gasteiger partial charge in [0, 0.05) is 18.9 Å². The average Bonchev–Trinajstić information content (AvgIpc) is 3.02. The number of β-lactam (4-membered cyclic amide) rings is 1. The molecule has 2 aromatic carbocycles. The Labute approximate surface area is 248 Å². The number of carbonyl (C=O) groups is 5. The van der Waals surface area contributed by atoms with Gasteiger partial charge in [0.05, 0.1) is 34.5 Å². The fourth-order valence-electron chi connectivity index (χ4n) is 4.32. The van der Waals surface area contributed by atoms with E-state index in [0.29, 0.717) is 22.6 Å². The van der Waals surface area contributed by atoms with Crippen molar-refractivity contribution in [2.75, 3.05) is 41.6 Å². The first-order valence-electron chi connectivity index (χ1n) is 13.2. The van der Waals surface area contributed by atoms with Crippen LogP contribution in [-0.2, 0) is 38.3 Å². The fraction of sp³-hybridized carbons (Fsp3) is 0.379. The SMILES string of the molecule is CO/N=C(\C(=O)NC1CN(C(C(=O)OC)c2ccc(OC)cc2)C1=O)c1ccc(OCCC(NC(C)=O)C(=O)OC)cc1. The van der Waals surface area contributed by atoms with E-state index in [2.05, 4.69) is 15.8 Å². The maximum absolute atomic E-state index is 13.1. The number of nitrogens with zero attached hydrogens (tertiary/aromatic N) is 2. The Morgan fingerprint density at radius 1 is 0.930 bits per heavy atom. The van der Waals surface area contributed by atoms with Crippen molar-refractivity contribution in [2.45, 2.75) is 31.5 Å². The van der Waals surface area contributed by atoms with Crippen molar-refractivity contribution in [3.8, 4) is 11.5 Å². The predicted molar refractivity (Wildman–Crippen MR) is 151 cm³/mol. The minimum absolute atomic E-state index is 0.0640. The summed E-state index contributed by atoms with van der Waals surface area (Å²) in [5.41, 5.74) is 0.828. The molecule has 2 aromatic rings. The summed E-state index contributed by atoms with van der Waals surface area (Å²) in [6.07, 6.45) is 0.175. The van der Waals surface area contributed by atoms with Crippen molar-refractivity contribution in [3.63, 3.8) is 0 Å². The number of oxime groups is 1. The van der Waals surface area contributed by atoms with Crippen LogP contribution in [0.2, 0.25) is 0 Å². The summed E-state index contributed by atoms with van der Waals surface area (Å²) in [6, 6.07) is 10.3. The molecule has 0 bridgehead atoms. The van der Waals surface area contributed by atoms with E-state index in [0.717, 1.165) is 0 Å². The number of hydrogen-bond donors (Lipinski definition) is 2. The van der Waals surface area contributed by atoms with Crippen LogP contribution in [0.1, 0.15) is 30.5 Å². The van der Waals surface area contributed by atoms with Gasteiger partial charge >= 0.3 is 11.9 Å². The maximum atomic E-state index is 13.1. The van der Waals surface area contributed by atoms with E-state index in [9.17, 15) is 24.0 Å². The van der Waals surface area contributed by atoms with Crippen molar-refractivity contribution in [3.05, 3.63) is 59.7 Å². The number of esters is 2. The summed E-state index contributed by atoms with van der Waals surface area (Å²) in [7, 11) is 5.26. The number of carbonyl (C=O) groups excluding carboxylic acids is 5. The molecule has 0 aliphatic carbocycles. The zero-order valence-corrected chi connectivity index (χ0v) is 24.4. The number of benzene rings is 2. The molecule has 0 aromatic heterocycles. The molecular weight excluding hydrogens is 564 g/mol. The van der Waals surface area contributed by atoms with E-state index in [4.69, 9.17) is 23.8 Å². The summed E-state index contributed by atoms with van der Waals surface area (Å²) < 4.78 is 20.4. The van der Waals surface area contributed by atoms with Crippen molar-refractivity contribution in [1.82, 2.24) is 15.5 Å². The van der Waals surface area contributed by atoms with Crippen molar-refractivity contribution < 1.29 is 47.8 Å². The summed E-state index contributed by atoms with van der Waals surface area (Å²) in [5.74, 6) is -1.69. The van der Waals surface area contributed by atoms with Gasteiger partial charge in [0.15, 0.2) is 11.8 Å². The molecule has 0 saturated carbocycles. The van der Waals surface area contributed by atoms with Crippen molar-refractivity contribution in [1.29, 1.82) is 0 Å². The number of rotatable bonds is 14. The van der Waals surface area contributed by atoms with Gasteiger partial charge in [0.2, 0.25) is 11.8 Å². The lowest BCUT2D eigenvalue weighted by molar-refractivity contribution is -0.161. The lowest BCUT2D eigenvalue weighted by Gasteiger charge is -2.42. The molecular formula is C29H34N4O10. The zero-order valence-electron chi connectivity index (χ0n) is 24.4. The average molecular weight is 599 g/mol. The molecule has 1 heterocycles. The van der Waals surface area contributed by atoms with Gasteiger partial charge < -0.3 is 39.3 Å². The van der Waals surface area contributed by atoms with Crippen molar-refractivity contribution in [2.24, 2.45) is 5.16 Å². The van der Waals surface area contributed by atoms with Crippen LogP contribution in [0.3, 0.4) is 0 Å². The zero-order chi connectivity index (χ0) is 31.5. The van der Waals surface area contributed by atoms with Crippen molar-refractivity contribution >= 4 is 35.4 Å². The number of hydrogen-bond acceptors (Lipinski definition) is 11. The third-order valence-electron chi connectivity index (χ3n) is 6.50. The van der Waals surface area contributed by atoms with Crippen LogP contribution in [0.5, 0.6) is 11.5 Å². The van der Waals surface area contributed by atoms with Gasteiger partial charge in [-0.05, 0) is 42.0 Å². The first kappa shape index (κ1) is 32.4. The van der Waals surface area contributed by atoms with E-state index in [1.807, 2.05) is 0 Å². The second kappa shape index (κ2) is 15.2. The highest BCUT2D eigenvalue weighted by Crippen LogP contribution is 2.29. The summed E-state index contributed by atoms with van der Waals surface area (Å²) >= 11 is 0. The van der Waals surface area contributed by atoms with Gasteiger partial charge in [-0.3, -0.25) is 14.4 Å². The van der Waals surface area contributed by atoms with Gasteiger partial charge in [0.25, 0.3) is 5.91 Å². The quantitative estimate of drug-likeness (QED) is 0.137. The maximum Gasteiger partial charge on any atom is 0.333 e. The van der Waals surface area contributed by atoms with Crippen LogP contribution in [-0.4, -0.2) is 93.9 Å². The Morgan fingerprint density at radius 3 is 2.09 bits per heavy atom. The second-order valence-corrected chi connectivity index (χ2v) is 9.28. The van der Waals surface area contributed by atoms with Gasteiger partial charge in [-0.15, -0.1) is 0 Å².